The van der Waals surface area contributed by atoms with Crippen molar-refractivity contribution in [1.29, 1.82) is 0 Å². The Bertz CT molecular complexity index is 1300. The third-order valence-corrected chi connectivity index (χ3v) is 5.50. The fourth-order valence-corrected chi connectivity index (χ4v) is 3.83. The van der Waals surface area contributed by atoms with E-state index in [4.69, 9.17) is 4.74 Å². The average molecular weight is 438 g/mol. The SMILES string of the molecule is O=C1COc2ccc(C(=O)NCc3ccccc3-c3ccc(Cn4cccn4)cc3)cc2N1. The van der Waals surface area contributed by atoms with Crippen LogP contribution >= 0.6 is 0 Å². The summed E-state index contributed by atoms with van der Waals surface area (Å²) in [5.74, 6) is 0.110. The number of benzene rings is 3. The number of amides is 2. The number of carbonyl (C=O) groups excluding carboxylic acids is 2. The van der Waals surface area contributed by atoms with Gasteiger partial charge >= 0.3 is 0 Å². The van der Waals surface area contributed by atoms with Crippen LogP contribution in [0.2, 0.25) is 0 Å². The van der Waals surface area contributed by atoms with Crippen molar-refractivity contribution in [3.63, 3.8) is 0 Å². The Hall–Kier alpha value is -4.39. The number of anilines is 1. The fraction of sp³-hybridized carbons (Fsp3) is 0.115. The minimum atomic E-state index is -0.232. The molecule has 7 heteroatoms. The lowest BCUT2D eigenvalue weighted by atomic mass is 9.98. The largest absolute Gasteiger partial charge is 0.482 e. The van der Waals surface area contributed by atoms with E-state index in [1.54, 1.807) is 24.4 Å². The summed E-state index contributed by atoms with van der Waals surface area (Å²) in [5.41, 5.74) is 5.29. The molecule has 4 aromatic rings. The van der Waals surface area contributed by atoms with Crippen LogP contribution < -0.4 is 15.4 Å². The van der Waals surface area contributed by atoms with Crippen LogP contribution in [0.5, 0.6) is 5.75 Å². The molecular weight excluding hydrogens is 416 g/mol. The molecule has 5 rings (SSSR count). The number of hydrogen-bond acceptors (Lipinski definition) is 4. The van der Waals surface area contributed by atoms with Crippen molar-refractivity contribution < 1.29 is 14.3 Å². The Labute approximate surface area is 191 Å². The van der Waals surface area contributed by atoms with Crippen molar-refractivity contribution in [2.24, 2.45) is 0 Å². The highest BCUT2D eigenvalue weighted by Gasteiger charge is 2.18. The van der Waals surface area contributed by atoms with E-state index in [2.05, 4.69) is 46.1 Å². The van der Waals surface area contributed by atoms with E-state index in [0.29, 0.717) is 23.5 Å². The zero-order valence-electron chi connectivity index (χ0n) is 17.8. The summed E-state index contributed by atoms with van der Waals surface area (Å²) >= 11 is 0. The molecule has 0 unspecified atom stereocenters. The Kier molecular flexibility index (Phi) is 5.59. The third-order valence-electron chi connectivity index (χ3n) is 5.50. The van der Waals surface area contributed by atoms with E-state index in [0.717, 1.165) is 28.8 Å². The van der Waals surface area contributed by atoms with Crippen LogP contribution in [-0.2, 0) is 17.9 Å². The zero-order valence-corrected chi connectivity index (χ0v) is 17.8. The predicted octanol–water partition coefficient (Wildman–Crippen LogP) is 3.86. The van der Waals surface area contributed by atoms with Crippen LogP contribution in [0.15, 0.2) is 85.2 Å². The Morgan fingerprint density at radius 2 is 1.91 bits per heavy atom. The number of aromatic nitrogens is 2. The number of hydrogen-bond donors (Lipinski definition) is 2. The molecule has 0 spiro atoms. The summed E-state index contributed by atoms with van der Waals surface area (Å²) in [6.07, 6.45) is 3.71. The van der Waals surface area contributed by atoms with E-state index in [9.17, 15) is 9.59 Å². The molecule has 1 aliphatic heterocycles. The minimum absolute atomic E-state index is 0.0143. The van der Waals surface area contributed by atoms with Gasteiger partial charge < -0.3 is 15.4 Å². The summed E-state index contributed by atoms with van der Waals surface area (Å²) in [6.45, 7) is 1.08. The first-order valence-electron chi connectivity index (χ1n) is 10.7. The smallest absolute Gasteiger partial charge is 0.262 e. The highest BCUT2D eigenvalue weighted by Crippen LogP contribution is 2.29. The first-order chi connectivity index (χ1) is 16.2. The van der Waals surface area contributed by atoms with Gasteiger partial charge in [-0.15, -0.1) is 0 Å². The summed E-state index contributed by atoms with van der Waals surface area (Å²) in [5, 5.41) is 9.96. The number of nitrogens with one attached hydrogen (secondary N) is 2. The molecule has 0 bridgehead atoms. The maximum Gasteiger partial charge on any atom is 0.262 e. The minimum Gasteiger partial charge on any atom is -0.482 e. The van der Waals surface area contributed by atoms with Gasteiger partial charge in [-0.05, 0) is 46.5 Å². The number of ether oxygens (including phenoxy) is 1. The van der Waals surface area contributed by atoms with E-state index < -0.39 is 0 Å². The summed E-state index contributed by atoms with van der Waals surface area (Å²) in [7, 11) is 0. The van der Waals surface area contributed by atoms with Gasteiger partial charge in [-0.3, -0.25) is 14.3 Å². The Morgan fingerprint density at radius 3 is 2.73 bits per heavy atom. The van der Waals surface area contributed by atoms with Gasteiger partial charge in [-0.2, -0.15) is 5.10 Å². The van der Waals surface area contributed by atoms with E-state index >= 15 is 0 Å². The van der Waals surface area contributed by atoms with Crippen molar-refractivity contribution >= 4 is 17.5 Å². The molecule has 164 valence electrons. The third kappa shape index (κ3) is 4.62. The molecule has 1 aromatic heterocycles. The molecule has 7 nitrogen and oxygen atoms in total. The molecule has 2 heterocycles. The second kappa shape index (κ2) is 9.00. The summed E-state index contributed by atoms with van der Waals surface area (Å²) < 4.78 is 7.24. The monoisotopic (exact) mass is 438 g/mol. The lowest BCUT2D eigenvalue weighted by Crippen LogP contribution is -2.27. The summed E-state index contributed by atoms with van der Waals surface area (Å²) in [6, 6.07) is 23.3. The zero-order chi connectivity index (χ0) is 22.6. The molecule has 0 radical (unpaired) electrons. The molecule has 3 aromatic carbocycles. The van der Waals surface area contributed by atoms with Gasteiger partial charge in [0, 0.05) is 24.5 Å². The van der Waals surface area contributed by atoms with Crippen LogP contribution in [0, 0.1) is 0 Å². The van der Waals surface area contributed by atoms with Gasteiger partial charge in [0.1, 0.15) is 5.75 Å². The first kappa shape index (κ1) is 20.5. The fourth-order valence-electron chi connectivity index (χ4n) is 3.83. The van der Waals surface area contributed by atoms with Crippen molar-refractivity contribution in [2.45, 2.75) is 13.1 Å². The molecule has 0 saturated carbocycles. The maximum absolute atomic E-state index is 12.8. The van der Waals surface area contributed by atoms with Crippen LogP contribution in [0.4, 0.5) is 5.69 Å². The Balaban J connectivity index is 1.29. The van der Waals surface area contributed by atoms with Gasteiger partial charge in [0.05, 0.1) is 12.2 Å². The van der Waals surface area contributed by atoms with Crippen LogP contribution in [0.1, 0.15) is 21.5 Å². The second-order valence-electron chi connectivity index (χ2n) is 7.79. The number of rotatable bonds is 6. The van der Waals surface area contributed by atoms with E-state index in [1.165, 1.54) is 0 Å². The molecule has 0 saturated heterocycles. The lowest BCUT2D eigenvalue weighted by Gasteiger charge is -2.18. The normalized spacial score (nSPS) is 12.4. The first-order valence-corrected chi connectivity index (χ1v) is 10.7. The lowest BCUT2D eigenvalue weighted by molar-refractivity contribution is -0.118. The number of nitrogens with zero attached hydrogens (tertiary/aromatic N) is 2. The molecule has 0 fully saturated rings. The van der Waals surface area contributed by atoms with Crippen LogP contribution in [-0.4, -0.2) is 28.2 Å². The maximum atomic E-state index is 12.8. The highest BCUT2D eigenvalue weighted by molar-refractivity contribution is 5.99. The average Bonchev–Trinajstić information content (AvgIpc) is 3.36. The standard InChI is InChI=1S/C26H22N4O3/c31-25-17-33-24-11-10-20(14-23(24)29-25)26(32)27-15-21-4-1-2-5-22(21)19-8-6-18(7-9-19)16-30-13-3-12-28-30/h1-14H,15-17H2,(H,27,32)(H,29,31). The van der Waals surface area contributed by atoms with Crippen molar-refractivity contribution in [1.82, 2.24) is 15.1 Å². The van der Waals surface area contributed by atoms with Gasteiger partial charge in [-0.1, -0.05) is 48.5 Å². The summed E-state index contributed by atoms with van der Waals surface area (Å²) in [4.78, 5) is 24.3. The Morgan fingerprint density at radius 1 is 1.06 bits per heavy atom. The molecule has 0 atom stereocenters. The van der Waals surface area contributed by atoms with Gasteiger partial charge in [0.15, 0.2) is 6.61 Å². The number of fused-ring (bicyclic) bond motifs is 1. The van der Waals surface area contributed by atoms with Crippen LogP contribution in [0.25, 0.3) is 11.1 Å². The molecule has 0 aliphatic carbocycles. The van der Waals surface area contributed by atoms with E-state index in [-0.39, 0.29) is 18.4 Å². The van der Waals surface area contributed by atoms with E-state index in [1.807, 2.05) is 35.1 Å². The van der Waals surface area contributed by atoms with Crippen molar-refractivity contribution in [3.05, 3.63) is 102 Å². The van der Waals surface area contributed by atoms with Gasteiger partial charge in [0.2, 0.25) is 0 Å². The van der Waals surface area contributed by atoms with Crippen molar-refractivity contribution in [3.8, 4) is 16.9 Å². The van der Waals surface area contributed by atoms with Crippen molar-refractivity contribution in [2.75, 3.05) is 11.9 Å². The highest BCUT2D eigenvalue weighted by atomic mass is 16.5. The predicted molar refractivity (Wildman–Crippen MR) is 125 cm³/mol. The molecule has 1 aliphatic rings. The van der Waals surface area contributed by atoms with Gasteiger partial charge in [-0.25, -0.2) is 0 Å². The van der Waals surface area contributed by atoms with Gasteiger partial charge in [0.25, 0.3) is 11.8 Å². The molecular formula is C26H22N4O3. The number of carbonyl (C=O) groups is 2. The molecule has 2 amide bonds. The second-order valence-corrected chi connectivity index (χ2v) is 7.79. The van der Waals surface area contributed by atoms with Crippen LogP contribution in [0.3, 0.4) is 0 Å². The molecule has 33 heavy (non-hydrogen) atoms. The quantitative estimate of drug-likeness (QED) is 0.479. The molecule has 2 N–H and O–H groups in total. The topological polar surface area (TPSA) is 85.2 Å².